The first kappa shape index (κ1) is 24.1. The average Bonchev–Trinajstić information content (AvgIpc) is 2.74. The lowest BCUT2D eigenvalue weighted by Crippen LogP contribution is -2.56. The molecule has 0 aromatic heterocycles. The second-order valence-electron chi connectivity index (χ2n) is 7.30. The Labute approximate surface area is 186 Å². The van der Waals surface area contributed by atoms with Crippen LogP contribution in [-0.2, 0) is 20.8 Å². The molecule has 166 valence electrons. The molecule has 1 amide bonds. The van der Waals surface area contributed by atoms with Crippen LogP contribution < -0.4 is 15.5 Å². The number of thiol groups is 1. The van der Waals surface area contributed by atoms with Gasteiger partial charge in [-0.25, -0.2) is 9.59 Å². The van der Waals surface area contributed by atoms with Gasteiger partial charge in [0.05, 0.1) is 5.92 Å². The summed E-state index contributed by atoms with van der Waals surface area (Å²) in [7, 11) is 3.73. The van der Waals surface area contributed by atoms with Crippen molar-refractivity contribution in [1.82, 2.24) is 5.32 Å². The summed E-state index contributed by atoms with van der Waals surface area (Å²) in [4.78, 5) is 38.3. The van der Waals surface area contributed by atoms with Crippen LogP contribution in [0.4, 0.5) is 11.4 Å². The van der Waals surface area contributed by atoms with Gasteiger partial charge in [0.15, 0.2) is 12.1 Å². The number of carboxylic acids is 2. The Morgan fingerprint density at radius 1 is 0.935 bits per heavy atom. The van der Waals surface area contributed by atoms with Crippen LogP contribution in [0.3, 0.4) is 0 Å². The number of benzene rings is 2. The molecule has 0 heterocycles. The minimum atomic E-state index is -1.67. The molecule has 0 radical (unpaired) electrons. The molecule has 0 aliphatic carbocycles. The molecular weight excluding hydrogens is 418 g/mol. The SMILES string of the molecule is CN(C)c1ccc(NC(C(=O)O)C(NC(=O)C(CS)Cc2ccccc2)C(=O)O)cc1. The Bertz CT molecular complexity index is 890. The molecule has 2 aromatic carbocycles. The molecule has 0 fully saturated rings. The summed E-state index contributed by atoms with van der Waals surface area (Å²) in [5.74, 6) is -3.83. The summed E-state index contributed by atoms with van der Waals surface area (Å²) >= 11 is 4.21. The van der Waals surface area contributed by atoms with Gasteiger partial charge in [0, 0.05) is 31.2 Å². The van der Waals surface area contributed by atoms with Crippen molar-refractivity contribution < 1.29 is 24.6 Å². The van der Waals surface area contributed by atoms with Crippen molar-refractivity contribution in [3.05, 3.63) is 60.2 Å². The number of carbonyl (C=O) groups is 3. The normalized spacial score (nSPS) is 13.5. The lowest BCUT2D eigenvalue weighted by Gasteiger charge is -2.25. The van der Waals surface area contributed by atoms with Gasteiger partial charge in [0.1, 0.15) is 0 Å². The molecule has 8 nitrogen and oxygen atoms in total. The highest BCUT2D eigenvalue weighted by molar-refractivity contribution is 7.80. The van der Waals surface area contributed by atoms with E-state index in [2.05, 4.69) is 23.3 Å². The molecule has 0 saturated heterocycles. The monoisotopic (exact) mass is 445 g/mol. The molecule has 0 aliphatic rings. The Hall–Kier alpha value is -3.20. The van der Waals surface area contributed by atoms with Gasteiger partial charge in [0.2, 0.25) is 5.91 Å². The summed E-state index contributed by atoms with van der Waals surface area (Å²) in [5.41, 5.74) is 2.23. The van der Waals surface area contributed by atoms with E-state index in [-0.39, 0.29) is 5.75 Å². The number of carbonyl (C=O) groups excluding carboxylic acids is 1. The third-order valence-electron chi connectivity index (χ3n) is 4.79. The number of aliphatic carboxylic acids is 2. The highest BCUT2D eigenvalue weighted by Crippen LogP contribution is 2.18. The van der Waals surface area contributed by atoms with Gasteiger partial charge in [-0.05, 0) is 36.2 Å². The summed E-state index contributed by atoms with van der Waals surface area (Å²) in [6.07, 6.45) is 0.361. The number of carboxylic acid groups (broad SMARTS) is 2. The molecule has 31 heavy (non-hydrogen) atoms. The van der Waals surface area contributed by atoms with Gasteiger partial charge in [-0.2, -0.15) is 12.6 Å². The van der Waals surface area contributed by atoms with Crippen LogP contribution in [0.15, 0.2) is 54.6 Å². The van der Waals surface area contributed by atoms with Crippen molar-refractivity contribution in [3.63, 3.8) is 0 Å². The quantitative estimate of drug-likeness (QED) is 0.336. The fourth-order valence-corrected chi connectivity index (χ4v) is 3.32. The summed E-state index contributed by atoms with van der Waals surface area (Å²) in [6.45, 7) is 0. The highest BCUT2D eigenvalue weighted by Gasteiger charge is 2.36. The fourth-order valence-electron chi connectivity index (χ4n) is 3.02. The van der Waals surface area contributed by atoms with E-state index >= 15 is 0 Å². The lowest BCUT2D eigenvalue weighted by molar-refractivity contribution is -0.148. The number of amides is 1. The number of hydrogen-bond donors (Lipinski definition) is 5. The van der Waals surface area contributed by atoms with Crippen LogP contribution in [0.2, 0.25) is 0 Å². The number of anilines is 2. The number of rotatable bonds is 11. The zero-order chi connectivity index (χ0) is 23.0. The Kier molecular flexibility index (Phi) is 8.75. The van der Waals surface area contributed by atoms with Crippen LogP contribution in [0.1, 0.15) is 5.56 Å². The van der Waals surface area contributed by atoms with E-state index in [1.165, 1.54) is 0 Å². The van der Waals surface area contributed by atoms with E-state index in [1.54, 1.807) is 24.3 Å². The highest BCUT2D eigenvalue weighted by atomic mass is 32.1. The van der Waals surface area contributed by atoms with Crippen molar-refractivity contribution in [2.45, 2.75) is 18.5 Å². The molecule has 9 heteroatoms. The first-order valence-corrected chi connectivity index (χ1v) is 10.3. The molecular formula is C22H27N3O5S. The van der Waals surface area contributed by atoms with Crippen molar-refractivity contribution >= 4 is 41.8 Å². The zero-order valence-corrected chi connectivity index (χ0v) is 18.3. The molecule has 2 aromatic rings. The molecule has 2 rings (SSSR count). The topological polar surface area (TPSA) is 119 Å². The predicted octanol–water partition coefficient (Wildman–Crippen LogP) is 1.98. The van der Waals surface area contributed by atoms with Gasteiger partial charge < -0.3 is 25.7 Å². The van der Waals surface area contributed by atoms with E-state index < -0.39 is 35.8 Å². The second kappa shape index (κ2) is 11.3. The maximum Gasteiger partial charge on any atom is 0.329 e. The molecule has 3 unspecified atom stereocenters. The minimum Gasteiger partial charge on any atom is -0.480 e. The van der Waals surface area contributed by atoms with Crippen LogP contribution in [-0.4, -0.2) is 60.0 Å². The molecule has 0 saturated carbocycles. The summed E-state index contributed by atoms with van der Waals surface area (Å²) in [6, 6.07) is 12.9. The molecule has 4 N–H and O–H groups in total. The Morgan fingerprint density at radius 3 is 2.00 bits per heavy atom. The Balaban J connectivity index is 2.16. The number of nitrogens with zero attached hydrogens (tertiary/aromatic N) is 1. The predicted molar refractivity (Wildman–Crippen MR) is 123 cm³/mol. The lowest BCUT2D eigenvalue weighted by atomic mass is 9.99. The van der Waals surface area contributed by atoms with Crippen molar-refractivity contribution in [2.24, 2.45) is 5.92 Å². The van der Waals surface area contributed by atoms with Gasteiger partial charge in [0.25, 0.3) is 0 Å². The molecule has 0 spiro atoms. The second-order valence-corrected chi connectivity index (χ2v) is 7.66. The standard InChI is InChI=1S/C22H27N3O5S/c1-25(2)17-10-8-16(9-11-17)23-18(21(27)28)19(22(29)30)24-20(26)15(13-31)12-14-6-4-3-5-7-14/h3-11,15,18-19,23,31H,12-13H2,1-2H3,(H,24,26)(H,27,28)(H,29,30). The first-order valence-electron chi connectivity index (χ1n) is 9.67. The maximum atomic E-state index is 12.7. The van der Waals surface area contributed by atoms with Crippen LogP contribution in [0, 0.1) is 5.92 Å². The number of hydrogen-bond acceptors (Lipinski definition) is 6. The molecule has 0 aliphatic heterocycles. The third kappa shape index (κ3) is 6.92. The third-order valence-corrected chi connectivity index (χ3v) is 5.23. The van der Waals surface area contributed by atoms with Crippen molar-refractivity contribution in [1.29, 1.82) is 0 Å². The average molecular weight is 446 g/mol. The van der Waals surface area contributed by atoms with Crippen LogP contribution in [0.5, 0.6) is 0 Å². The summed E-state index contributed by atoms with van der Waals surface area (Å²) < 4.78 is 0. The van der Waals surface area contributed by atoms with Crippen LogP contribution >= 0.6 is 12.6 Å². The van der Waals surface area contributed by atoms with E-state index in [1.807, 2.05) is 49.3 Å². The maximum absolute atomic E-state index is 12.7. The van der Waals surface area contributed by atoms with E-state index in [9.17, 15) is 24.6 Å². The number of nitrogens with one attached hydrogen (secondary N) is 2. The molecule has 3 atom stereocenters. The van der Waals surface area contributed by atoms with E-state index in [4.69, 9.17) is 0 Å². The van der Waals surface area contributed by atoms with E-state index in [0.29, 0.717) is 12.1 Å². The zero-order valence-electron chi connectivity index (χ0n) is 17.4. The fraction of sp³-hybridized carbons (Fsp3) is 0.318. The van der Waals surface area contributed by atoms with Gasteiger partial charge in [-0.15, -0.1) is 0 Å². The smallest absolute Gasteiger partial charge is 0.329 e. The molecule has 0 bridgehead atoms. The van der Waals surface area contributed by atoms with Gasteiger partial charge >= 0.3 is 11.9 Å². The Morgan fingerprint density at radius 2 is 1.52 bits per heavy atom. The van der Waals surface area contributed by atoms with Gasteiger partial charge in [-0.1, -0.05) is 30.3 Å². The largest absolute Gasteiger partial charge is 0.480 e. The first-order chi connectivity index (χ1) is 14.7. The summed E-state index contributed by atoms with van der Waals surface area (Å²) in [5, 5.41) is 24.4. The van der Waals surface area contributed by atoms with Crippen LogP contribution in [0.25, 0.3) is 0 Å². The van der Waals surface area contributed by atoms with E-state index in [0.717, 1.165) is 11.3 Å². The van der Waals surface area contributed by atoms with Crippen molar-refractivity contribution in [3.8, 4) is 0 Å². The van der Waals surface area contributed by atoms with Gasteiger partial charge in [-0.3, -0.25) is 4.79 Å². The minimum absolute atomic E-state index is 0.185. The van der Waals surface area contributed by atoms with Crippen molar-refractivity contribution in [2.75, 3.05) is 30.1 Å².